The Labute approximate surface area is 153 Å². The van der Waals surface area contributed by atoms with Crippen molar-refractivity contribution in [3.8, 4) is 11.4 Å². The number of carbonyl (C=O) groups excluding carboxylic acids is 1. The summed E-state index contributed by atoms with van der Waals surface area (Å²) >= 11 is 0. The van der Waals surface area contributed by atoms with E-state index in [2.05, 4.69) is 4.98 Å². The van der Waals surface area contributed by atoms with Gasteiger partial charge < -0.3 is 14.2 Å². The van der Waals surface area contributed by atoms with E-state index in [0.29, 0.717) is 5.56 Å². The first kappa shape index (κ1) is 17.7. The van der Waals surface area contributed by atoms with Crippen LogP contribution < -0.4 is 4.74 Å². The maximum Gasteiger partial charge on any atom is 0.253 e. The molecule has 0 spiro atoms. The van der Waals surface area contributed by atoms with Gasteiger partial charge in [0.25, 0.3) is 5.91 Å². The summed E-state index contributed by atoms with van der Waals surface area (Å²) in [5.41, 5.74) is 2.74. The van der Waals surface area contributed by atoms with Crippen LogP contribution in [0.3, 0.4) is 0 Å². The Bertz CT molecular complexity index is 857. The number of hydrogen-bond donors (Lipinski definition) is 0. The Morgan fingerprint density at radius 3 is 2.58 bits per heavy atom. The van der Waals surface area contributed by atoms with Crippen LogP contribution in [0.4, 0.5) is 0 Å². The number of benzene rings is 2. The van der Waals surface area contributed by atoms with Crippen LogP contribution >= 0.6 is 0 Å². The lowest BCUT2D eigenvalue weighted by Gasteiger charge is -2.26. The number of imidazole rings is 1. The first-order chi connectivity index (χ1) is 12.6. The molecule has 1 atom stereocenters. The lowest BCUT2D eigenvalue weighted by atomic mass is 10.0. The molecule has 1 aromatic heterocycles. The number of amides is 1. The molecule has 0 saturated heterocycles. The van der Waals surface area contributed by atoms with E-state index in [4.69, 9.17) is 4.74 Å². The standard InChI is InChI=1S/C21H23N3O2/c1-16(14-18-6-4-5-7-20(18)26-3)23(2)21(25)17-8-10-19(11-9-17)24-13-12-22-15-24/h4-13,15-16H,14H2,1-3H3. The molecular formula is C21H23N3O2. The molecule has 2 aromatic carbocycles. The number of aromatic nitrogens is 2. The smallest absolute Gasteiger partial charge is 0.253 e. The molecule has 0 bridgehead atoms. The van der Waals surface area contributed by atoms with E-state index in [-0.39, 0.29) is 11.9 Å². The molecule has 0 aliphatic heterocycles. The molecule has 1 heterocycles. The van der Waals surface area contributed by atoms with Gasteiger partial charge in [0, 0.05) is 36.7 Å². The van der Waals surface area contributed by atoms with E-state index in [0.717, 1.165) is 23.4 Å². The van der Waals surface area contributed by atoms with E-state index in [1.165, 1.54) is 0 Å². The van der Waals surface area contributed by atoms with Crippen LogP contribution in [0.5, 0.6) is 5.75 Å². The first-order valence-corrected chi connectivity index (χ1v) is 8.57. The van der Waals surface area contributed by atoms with Crippen molar-refractivity contribution >= 4 is 5.91 Å². The van der Waals surface area contributed by atoms with Crippen molar-refractivity contribution in [2.24, 2.45) is 0 Å². The Morgan fingerprint density at radius 2 is 1.92 bits per heavy atom. The maximum absolute atomic E-state index is 12.8. The minimum absolute atomic E-state index is 0.00424. The summed E-state index contributed by atoms with van der Waals surface area (Å²) in [5.74, 6) is 0.856. The maximum atomic E-state index is 12.8. The predicted octanol–water partition coefficient (Wildman–Crippen LogP) is 3.58. The molecule has 0 radical (unpaired) electrons. The highest BCUT2D eigenvalue weighted by molar-refractivity contribution is 5.94. The summed E-state index contributed by atoms with van der Waals surface area (Å²) in [6, 6.07) is 15.5. The van der Waals surface area contributed by atoms with Gasteiger partial charge in [-0.3, -0.25) is 4.79 Å². The molecule has 3 rings (SSSR count). The predicted molar refractivity (Wildman–Crippen MR) is 102 cm³/mol. The van der Waals surface area contributed by atoms with E-state index < -0.39 is 0 Å². The molecule has 5 heteroatoms. The van der Waals surface area contributed by atoms with Crippen molar-refractivity contribution in [3.63, 3.8) is 0 Å². The van der Waals surface area contributed by atoms with Crippen LogP contribution in [0.15, 0.2) is 67.3 Å². The molecule has 3 aromatic rings. The summed E-state index contributed by atoms with van der Waals surface area (Å²) in [4.78, 5) is 18.6. The Morgan fingerprint density at radius 1 is 1.19 bits per heavy atom. The molecule has 0 N–H and O–H groups in total. The number of carbonyl (C=O) groups is 1. The van der Waals surface area contributed by atoms with Gasteiger partial charge in [-0.25, -0.2) is 4.98 Å². The van der Waals surface area contributed by atoms with Gasteiger partial charge in [-0.15, -0.1) is 0 Å². The van der Waals surface area contributed by atoms with Gasteiger partial charge in [-0.1, -0.05) is 18.2 Å². The average molecular weight is 349 g/mol. The summed E-state index contributed by atoms with van der Waals surface area (Å²) in [6.45, 7) is 2.05. The zero-order chi connectivity index (χ0) is 18.5. The van der Waals surface area contributed by atoms with Gasteiger partial charge in [0.2, 0.25) is 0 Å². The first-order valence-electron chi connectivity index (χ1n) is 8.57. The molecule has 0 aliphatic carbocycles. The average Bonchev–Trinajstić information content (AvgIpc) is 3.22. The van der Waals surface area contributed by atoms with Crippen molar-refractivity contribution < 1.29 is 9.53 Å². The Balaban J connectivity index is 1.70. The number of likely N-dealkylation sites (N-methyl/N-ethyl adjacent to an activating group) is 1. The molecule has 134 valence electrons. The number of ether oxygens (including phenoxy) is 1. The summed E-state index contributed by atoms with van der Waals surface area (Å²) < 4.78 is 7.31. The molecule has 1 amide bonds. The zero-order valence-corrected chi connectivity index (χ0v) is 15.3. The van der Waals surface area contributed by atoms with Gasteiger partial charge in [0.15, 0.2) is 0 Å². The van der Waals surface area contributed by atoms with Gasteiger partial charge in [-0.05, 0) is 49.2 Å². The SMILES string of the molecule is COc1ccccc1CC(C)N(C)C(=O)c1ccc(-n2ccnc2)cc1. The van der Waals surface area contributed by atoms with Gasteiger partial charge in [0.05, 0.1) is 13.4 Å². The zero-order valence-electron chi connectivity index (χ0n) is 15.3. The Kier molecular flexibility index (Phi) is 5.37. The van der Waals surface area contributed by atoms with E-state index in [9.17, 15) is 4.79 Å². The number of para-hydroxylation sites is 1. The van der Waals surface area contributed by atoms with E-state index in [1.54, 1.807) is 24.5 Å². The summed E-state index contributed by atoms with van der Waals surface area (Å²) in [6.07, 6.45) is 6.07. The summed E-state index contributed by atoms with van der Waals surface area (Å²) in [5, 5.41) is 0. The molecule has 0 fully saturated rings. The lowest BCUT2D eigenvalue weighted by Crippen LogP contribution is -2.36. The van der Waals surface area contributed by atoms with Gasteiger partial charge in [0.1, 0.15) is 5.75 Å². The number of hydrogen-bond acceptors (Lipinski definition) is 3. The molecular weight excluding hydrogens is 326 g/mol. The van der Waals surface area contributed by atoms with Gasteiger partial charge in [-0.2, -0.15) is 0 Å². The van der Waals surface area contributed by atoms with Crippen LogP contribution in [0.1, 0.15) is 22.8 Å². The quantitative estimate of drug-likeness (QED) is 0.683. The Hall–Kier alpha value is -3.08. The lowest BCUT2D eigenvalue weighted by molar-refractivity contribution is 0.0743. The minimum Gasteiger partial charge on any atom is -0.496 e. The van der Waals surface area contributed by atoms with Crippen LogP contribution in [-0.2, 0) is 6.42 Å². The van der Waals surface area contributed by atoms with Gasteiger partial charge >= 0.3 is 0 Å². The largest absolute Gasteiger partial charge is 0.496 e. The van der Waals surface area contributed by atoms with E-state index >= 15 is 0 Å². The highest BCUT2D eigenvalue weighted by atomic mass is 16.5. The number of nitrogens with zero attached hydrogens (tertiary/aromatic N) is 3. The third kappa shape index (κ3) is 3.77. The monoisotopic (exact) mass is 349 g/mol. The van der Waals surface area contributed by atoms with E-state index in [1.807, 2.05) is 73.3 Å². The second-order valence-electron chi connectivity index (χ2n) is 6.30. The fraction of sp³-hybridized carbons (Fsp3) is 0.238. The van der Waals surface area contributed by atoms with Crippen molar-refractivity contribution in [1.29, 1.82) is 0 Å². The van der Waals surface area contributed by atoms with Crippen LogP contribution in [0, 0.1) is 0 Å². The van der Waals surface area contributed by atoms with Crippen molar-refractivity contribution in [2.75, 3.05) is 14.2 Å². The van der Waals surface area contributed by atoms with Crippen molar-refractivity contribution in [2.45, 2.75) is 19.4 Å². The van der Waals surface area contributed by atoms with Crippen LogP contribution in [-0.4, -0.2) is 40.6 Å². The molecule has 5 nitrogen and oxygen atoms in total. The number of methoxy groups -OCH3 is 1. The highest BCUT2D eigenvalue weighted by Crippen LogP contribution is 2.21. The third-order valence-electron chi connectivity index (χ3n) is 4.61. The molecule has 1 unspecified atom stereocenters. The molecule has 0 aliphatic rings. The van der Waals surface area contributed by atoms with Crippen molar-refractivity contribution in [3.05, 3.63) is 78.4 Å². The normalized spacial score (nSPS) is 11.8. The van der Waals surface area contributed by atoms with Crippen LogP contribution in [0.2, 0.25) is 0 Å². The minimum atomic E-state index is 0.00424. The topological polar surface area (TPSA) is 47.4 Å². The van der Waals surface area contributed by atoms with Crippen molar-refractivity contribution in [1.82, 2.24) is 14.5 Å². The third-order valence-corrected chi connectivity index (χ3v) is 4.61. The second kappa shape index (κ2) is 7.87. The number of rotatable bonds is 6. The van der Waals surface area contributed by atoms with Crippen LogP contribution in [0.25, 0.3) is 5.69 Å². The fourth-order valence-corrected chi connectivity index (χ4v) is 2.92. The summed E-state index contributed by atoms with van der Waals surface area (Å²) in [7, 11) is 3.51. The molecule has 26 heavy (non-hydrogen) atoms. The molecule has 0 saturated carbocycles. The fourth-order valence-electron chi connectivity index (χ4n) is 2.92. The highest BCUT2D eigenvalue weighted by Gasteiger charge is 2.19. The second-order valence-corrected chi connectivity index (χ2v) is 6.30.